The molecule has 1 N–H and O–H groups in total. The Labute approximate surface area is 103 Å². The van der Waals surface area contributed by atoms with Crippen molar-refractivity contribution in [2.75, 3.05) is 6.61 Å². The molecule has 0 saturated carbocycles. The summed E-state index contributed by atoms with van der Waals surface area (Å²) in [6, 6.07) is 1.84. The maximum atomic E-state index is 11.2. The summed E-state index contributed by atoms with van der Waals surface area (Å²) in [5.74, 6) is -0.391. The van der Waals surface area contributed by atoms with Crippen molar-refractivity contribution in [3.05, 3.63) is 35.1 Å². The zero-order valence-corrected chi connectivity index (χ0v) is 9.99. The van der Waals surface area contributed by atoms with E-state index in [0.29, 0.717) is 17.2 Å². The van der Waals surface area contributed by atoms with E-state index in [1.165, 1.54) is 6.08 Å². The fourth-order valence-corrected chi connectivity index (χ4v) is 1.72. The lowest BCUT2D eigenvalue weighted by Crippen LogP contribution is -1.98. The molecule has 0 aromatic carbocycles. The molecule has 0 aliphatic rings. The van der Waals surface area contributed by atoms with E-state index < -0.39 is 5.97 Å². The van der Waals surface area contributed by atoms with Gasteiger partial charge >= 0.3 is 5.97 Å². The van der Waals surface area contributed by atoms with Crippen LogP contribution in [-0.2, 0) is 9.53 Å². The third-order valence-corrected chi connectivity index (χ3v) is 2.66. The SMILES string of the molecule is CCOC(=O)C=Cc1cnc2[nH]ccc2c1Cl. The maximum Gasteiger partial charge on any atom is 0.330 e. The first-order valence-corrected chi connectivity index (χ1v) is 5.56. The average Bonchev–Trinajstić information content (AvgIpc) is 2.77. The van der Waals surface area contributed by atoms with Crippen molar-refractivity contribution in [1.82, 2.24) is 9.97 Å². The molecule has 0 aliphatic heterocycles. The molecular weight excluding hydrogens is 240 g/mol. The molecule has 2 aromatic rings. The van der Waals surface area contributed by atoms with E-state index >= 15 is 0 Å². The molecule has 17 heavy (non-hydrogen) atoms. The largest absolute Gasteiger partial charge is 0.463 e. The number of nitrogens with zero attached hydrogens (tertiary/aromatic N) is 1. The standard InChI is InChI=1S/C12H11ClN2O2/c1-2-17-10(16)4-3-8-7-15-12-9(11(8)13)5-6-14-12/h3-7H,2H2,1H3,(H,14,15). The number of ether oxygens (including phenoxy) is 1. The highest BCUT2D eigenvalue weighted by Gasteiger charge is 2.05. The van der Waals surface area contributed by atoms with Gasteiger partial charge in [0.25, 0.3) is 0 Å². The summed E-state index contributed by atoms with van der Waals surface area (Å²) < 4.78 is 4.78. The molecule has 4 nitrogen and oxygen atoms in total. The Bertz CT molecular complexity index is 575. The molecule has 0 fully saturated rings. The van der Waals surface area contributed by atoms with Crippen molar-refractivity contribution in [3.8, 4) is 0 Å². The summed E-state index contributed by atoms with van der Waals surface area (Å²) in [7, 11) is 0. The highest BCUT2D eigenvalue weighted by Crippen LogP contribution is 2.25. The number of aromatic amines is 1. The molecule has 88 valence electrons. The van der Waals surface area contributed by atoms with Crippen LogP contribution in [0.1, 0.15) is 12.5 Å². The molecule has 5 heteroatoms. The summed E-state index contributed by atoms with van der Waals surface area (Å²) in [5.41, 5.74) is 1.41. The van der Waals surface area contributed by atoms with Gasteiger partial charge in [0, 0.05) is 29.4 Å². The van der Waals surface area contributed by atoms with E-state index in [1.54, 1.807) is 25.4 Å². The lowest BCUT2D eigenvalue weighted by atomic mass is 10.2. The number of halogens is 1. The smallest absolute Gasteiger partial charge is 0.330 e. The monoisotopic (exact) mass is 250 g/mol. The van der Waals surface area contributed by atoms with E-state index in [2.05, 4.69) is 9.97 Å². The summed E-state index contributed by atoms with van der Waals surface area (Å²) >= 11 is 6.18. The Hall–Kier alpha value is -1.81. The number of carbonyl (C=O) groups is 1. The molecule has 2 heterocycles. The molecular formula is C12H11ClN2O2. The molecule has 0 amide bonds. The number of nitrogens with one attached hydrogen (secondary N) is 1. The van der Waals surface area contributed by atoms with Crippen LogP contribution in [0, 0.1) is 0 Å². The number of carbonyl (C=O) groups excluding carboxylic acids is 1. The first kappa shape index (κ1) is 11.7. The van der Waals surface area contributed by atoms with Crippen LogP contribution in [0.5, 0.6) is 0 Å². The van der Waals surface area contributed by atoms with Crippen LogP contribution in [0.4, 0.5) is 0 Å². The summed E-state index contributed by atoms with van der Waals surface area (Å²) in [4.78, 5) is 18.3. The van der Waals surface area contributed by atoms with Gasteiger partial charge in [0.1, 0.15) is 5.65 Å². The molecule has 0 unspecified atom stereocenters. The number of H-pyrrole nitrogens is 1. The second-order valence-corrected chi connectivity index (χ2v) is 3.73. The summed E-state index contributed by atoms with van der Waals surface area (Å²) in [6.45, 7) is 2.11. The van der Waals surface area contributed by atoms with Crippen LogP contribution in [0.2, 0.25) is 5.02 Å². The van der Waals surface area contributed by atoms with Gasteiger partial charge in [0.15, 0.2) is 0 Å². The second kappa shape index (κ2) is 5.01. The van der Waals surface area contributed by atoms with E-state index in [1.807, 2.05) is 6.07 Å². The van der Waals surface area contributed by atoms with Gasteiger partial charge in [-0.15, -0.1) is 0 Å². The predicted octanol–water partition coefficient (Wildman–Crippen LogP) is 2.79. The molecule has 2 rings (SSSR count). The van der Waals surface area contributed by atoms with Crippen molar-refractivity contribution in [2.24, 2.45) is 0 Å². The fourth-order valence-electron chi connectivity index (χ4n) is 1.46. The Kier molecular flexibility index (Phi) is 3.44. The van der Waals surface area contributed by atoms with Crippen LogP contribution in [0.25, 0.3) is 17.1 Å². The van der Waals surface area contributed by atoms with Crippen molar-refractivity contribution in [3.63, 3.8) is 0 Å². The quantitative estimate of drug-likeness (QED) is 0.673. The number of hydrogen-bond acceptors (Lipinski definition) is 3. The molecule has 0 aliphatic carbocycles. The number of rotatable bonds is 3. The second-order valence-electron chi connectivity index (χ2n) is 3.35. The molecule has 0 spiro atoms. The van der Waals surface area contributed by atoms with Gasteiger partial charge in [-0.2, -0.15) is 0 Å². The van der Waals surface area contributed by atoms with Gasteiger partial charge in [-0.3, -0.25) is 0 Å². The third-order valence-electron chi connectivity index (χ3n) is 2.23. The lowest BCUT2D eigenvalue weighted by Gasteiger charge is -1.99. The molecule has 0 saturated heterocycles. The summed E-state index contributed by atoms with van der Waals surface area (Å²) in [6.07, 6.45) is 6.31. The number of esters is 1. The van der Waals surface area contributed by atoms with Gasteiger partial charge in [0.2, 0.25) is 0 Å². The van der Waals surface area contributed by atoms with Gasteiger partial charge in [-0.25, -0.2) is 9.78 Å². The maximum absolute atomic E-state index is 11.2. The van der Waals surface area contributed by atoms with E-state index in [4.69, 9.17) is 16.3 Å². The minimum Gasteiger partial charge on any atom is -0.463 e. The minimum atomic E-state index is -0.391. The Morgan fingerprint density at radius 2 is 2.47 bits per heavy atom. The van der Waals surface area contributed by atoms with Crippen molar-refractivity contribution >= 4 is 34.7 Å². The van der Waals surface area contributed by atoms with Crippen LogP contribution < -0.4 is 0 Å². The van der Waals surface area contributed by atoms with Gasteiger partial charge in [0.05, 0.1) is 11.6 Å². The normalized spacial score (nSPS) is 11.2. The first-order valence-electron chi connectivity index (χ1n) is 5.18. The van der Waals surface area contributed by atoms with E-state index in [0.717, 1.165) is 11.0 Å². The fraction of sp³-hybridized carbons (Fsp3) is 0.167. The average molecular weight is 251 g/mol. The predicted molar refractivity (Wildman–Crippen MR) is 66.8 cm³/mol. The number of fused-ring (bicyclic) bond motifs is 1. The molecule has 0 atom stereocenters. The zero-order valence-electron chi connectivity index (χ0n) is 9.24. The Morgan fingerprint density at radius 3 is 3.24 bits per heavy atom. The minimum absolute atomic E-state index is 0.353. The third kappa shape index (κ3) is 2.47. The van der Waals surface area contributed by atoms with Gasteiger partial charge in [-0.05, 0) is 19.1 Å². The highest BCUT2D eigenvalue weighted by atomic mass is 35.5. The number of pyridine rings is 1. The van der Waals surface area contributed by atoms with E-state index in [9.17, 15) is 4.79 Å². The van der Waals surface area contributed by atoms with Crippen LogP contribution in [0.15, 0.2) is 24.5 Å². The van der Waals surface area contributed by atoms with Crippen LogP contribution in [-0.4, -0.2) is 22.5 Å². The summed E-state index contributed by atoms with van der Waals surface area (Å²) in [5, 5.41) is 1.40. The van der Waals surface area contributed by atoms with Crippen molar-refractivity contribution in [1.29, 1.82) is 0 Å². The number of hydrogen-bond donors (Lipinski definition) is 1. The van der Waals surface area contributed by atoms with Gasteiger partial charge < -0.3 is 9.72 Å². The van der Waals surface area contributed by atoms with Crippen LogP contribution >= 0.6 is 11.6 Å². The molecule has 2 aromatic heterocycles. The van der Waals surface area contributed by atoms with Crippen LogP contribution in [0.3, 0.4) is 0 Å². The lowest BCUT2D eigenvalue weighted by molar-refractivity contribution is -0.137. The molecule has 0 radical (unpaired) electrons. The van der Waals surface area contributed by atoms with E-state index in [-0.39, 0.29) is 0 Å². The Balaban J connectivity index is 2.30. The topological polar surface area (TPSA) is 55.0 Å². The molecule has 0 bridgehead atoms. The van der Waals surface area contributed by atoms with Crippen molar-refractivity contribution in [2.45, 2.75) is 6.92 Å². The highest BCUT2D eigenvalue weighted by molar-refractivity contribution is 6.36. The number of aromatic nitrogens is 2. The van der Waals surface area contributed by atoms with Crippen molar-refractivity contribution < 1.29 is 9.53 Å². The first-order chi connectivity index (χ1) is 8.22. The zero-order chi connectivity index (χ0) is 12.3. The Morgan fingerprint density at radius 1 is 1.65 bits per heavy atom. The van der Waals surface area contributed by atoms with Gasteiger partial charge in [-0.1, -0.05) is 11.6 Å².